The van der Waals surface area contributed by atoms with Gasteiger partial charge in [0.2, 0.25) is 0 Å². The Morgan fingerprint density at radius 2 is 1.85 bits per heavy atom. The highest BCUT2D eigenvalue weighted by molar-refractivity contribution is 5.95. The van der Waals surface area contributed by atoms with Gasteiger partial charge in [-0.25, -0.2) is 0 Å². The van der Waals surface area contributed by atoms with E-state index in [1.165, 1.54) is 5.56 Å². The molecule has 0 aliphatic heterocycles. The summed E-state index contributed by atoms with van der Waals surface area (Å²) < 4.78 is 0. The van der Waals surface area contributed by atoms with Crippen molar-refractivity contribution in [3.63, 3.8) is 0 Å². The molecule has 2 N–H and O–H groups in total. The molecule has 0 aliphatic carbocycles. The van der Waals surface area contributed by atoms with Crippen LogP contribution in [0.1, 0.15) is 29.3 Å². The average molecular weight is 268 g/mol. The van der Waals surface area contributed by atoms with Crippen molar-refractivity contribution in [1.29, 1.82) is 0 Å². The summed E-state index contributed by atoms with van der Waals surface area (Å²) in [7, 11) is 0. The number of amides is 1. The zero-order valence-electron chi connectivity index (χ0n) is 11.7. The number of rotatable bonds is 6. The molecule has 3 heteroatoms. The van der Waals surface area contributed by atoms with Gasteiger partial charge >= 0.3 is 0 Å². The molecule has 104 valence electrons. The summed E-state index contributed by atoms with van der Waals surface area (Å²) in [6, 6.07) is 17.8. The Hall–Kier alpha value is -2.29. The molecule has 0 aliphatic rings. The van der Waals surface area contributed by atoms with E-state index in [1.54, 1.807) is 0 Å². The zero-order chi connectivity index (χ0) is 14.2. The van der Waals surface area contributed by atoms with E-state index in [4.69, 9.17) is 0 Å². The van der Waals surface area contributed by atoms with Crippen molar-refractivity contribution in [2.45, 2.75) is 19.9 Å². The fourth-order valence-corrected chi connectivity index (χ4v) is 1.91. The number of hydrogen-bond acceptors (Lipinski definition) is 2. The summed E-state index contributed by atoms with van der Waals surface area (Å²) in [5.41, 5.74) is 2.86. The lowest BCUT2D eigenvalue weighted by molar-refractivity contribution is 0.0953. The minimum Gasteiger partial charge on any atom is -0.381 e. The molecule has 0 spiro atoms. The standard InChI is InChI=1S/C17H20N2O/c1-2-11-18-17(20)15-9-6-10-16(12-15)19-13-14-7-4-3-5-8-14/h3-10,12,19H,2,11,13H2,1H3,(H,18,20). The van der Waals surface area contributed by atoms with Gasteiger partial charge in [-0.05, 0) is 30.2 Å². The molecule has 0 bridgehead atoms. The highest BCUT2D eigenvalue weighted by Gasteiger charge is 2.04. The molecule has 0 radical (unpaired) electrons. The van der Waals surface area contributed by atoms with Gasteiger partial charge in [-0.1, -0.05) is 43.3 Å². The summed E-state index contributed by atoms with van der Waals surface area (Å²) in [5.74, 6) is -0.0183. The van der Waals surface area contributed by atoms with Crippen LogP contribution in [-0.4, -0.2) is 12.5 Å². The van der Waals surface area contributed by atoms with Gasteiger partial charge in [0.25, 0.3) is 5.91 Å². The molecule has 20 heavy (non-hydrogen) atoms. The Morgan fingerprint density at radius 1 is 1.05 bits per heavy atom. The fraction of sp³-hybridized carbons (Fsp3) is 0.235. The predicted molar refractivity (Wildman–Crippen MR) is 82.8 cm³/mol. The first-order valence-corrected chi connectivity index (χ1v) is 6.95. The first-order valence-electron chi connectivity index (χ1n) is 6.95. The quantitative estimate of drug-likeness (QED) is 0.842. The Labute approximate surface area is 120 Å². The van der Waals surface area contributed by atoms with Crippen molar-refractivity contribution in [3.05, 3.63) is 65.7 Å². The molecule has 0 fully saturated rings. The van der Waals surface area contributed by atoms with E-state index < -0.39 is 0 Å². The molecular weight excluding hydrogens is 248 g/mol. The van der Waals surface area contributed by atoms with E-state index in [0.29, 0.717) is 12.1 Å². The maximum atomic E-state index is 11.9. The van der Waals surface area contributed by atoms with Gasteiger partial charge in [-0.15, -0.1) is 0 Å². The Kier molecular flexibility index (Phi) is 5.18. The van der Waals surface area contributed by atoms with Crippen molar-refractivity contribution >= 4 is 11.6 Å². The Bertz CT molecular complexity index is 552. The molecule has 0 saturated heterocycles. The molecule has 2 rings (SSSR count). The number of benzene rings is 2. The van der Waals surface area contributed by atoms with Crippen molar-refractivity contribution in [2.75, 3.05) is 11.9 Å². The Balaban J connectivity index is 1.97. The fourth-order valence-electron chi connectivity index (χ4n) is 1.91. The van der Waals surface area contributed by atoms with Crippen LogP contribution in [0.4, 0.5) is 5.69 Å². The third kappa shape index (κ3) is 4.12. The summed E-state index contributed by atoms with van der Waals surface area (Å²) >= 11 is 0. The van der Waals surface area contributed by atoms with E-state index >= 15 is 0 Å². The zero-order valence-corrected chi connectivity index (χ0v) is 11.7. The first-order chi connectivity index (χ1) is 9.79. The number of hydrogen-bond donors (Lipinski definition) is 2. The Morgan fingerprint density at radius 3 is 2.60 bits per heavy atom. The third-order valence-corrected chi connectivity index (χ3v) is 3.00. The van der Waals surface area contributed by atoms with Crippen LogP contribution in [-0.2, 0) is 6.54 Å². The highest BCUT2D eigenvalue weighted by atomic mass is 16.1. The number of anilines is 1. The van der Waals surface area contributed by atoms with Gasteiger partial charge in [0.1, 0.15) is 0 Å². The van der Waals surface area contributed by atoms with Crippen molar-refractivity contribution in [3.8, 4) is 0 Å². The van der Waals surface area contributed by atoms with E-state index in [-0.39, 0.29) is 5.91 Å². The van der Waals surface area contributed by atoms with Crippen LogP contribution in [0.3, 0.4) is 0 Å². The first kappa shape index (κ1) is 14.1. The van der Waals surface area contributed by atoms with Crippen LogP contribution in [0.15, 0.2) is 54.6 Å². The number of nitrogens with one attached hydrogen (secondary N) is 2. The smallest absolute Gasteiger partial charge is 0.251 e. The molecule has 0 saturated carbocycles. The van der Waals surface area contributed by atoms with Gasteiger partial charge in [0, 0.05) is 24.3 Å². The van der Waals surface area contributed by atoms with Crippen LogP contribution in [0.5, 0.6) is 0 Å². The second-order valence-electron chi connectivity index (χ2n) is 4.68. The normalized spacial score (nSPS) is 10.1. The second kappa shape index (κ2) is 7.34. The maximum Gasteiger partial charge on any atom is 0.251 e. The monoisotopic (exact) mass is 268 g/mol. The maximum absolute atomic E-state index is 11.9. The van der Waals surface area contributed by atoms with Crippen molar-refractivity contribution in [1.82, 2.24) is 5.32 Å². The molecule has 3 nitrogen and oxygen atoms in total. The summed E-state index contributed by atoms with van der Waals surface area (Å²) in [6.45, 7) is 3.50. The van der Waals surface area contributed by atoms with Gasteiger partial charge in [-0.3, -0.25) is 4.79 Å². The largest absolute Gasteiger partial charge is 0.381 e. The summed E-state index contributed by atoms with van der Waals surface area (Å²) in [5, 5.41) is 6.22. The lowest BCUT2D eigenvalue weighted by atomic mass is 10.1. The summed E-state index contributed by atoms with van der Waals surface area (Å²) in [6.07, 6.45) is 0.942. The summed E-state index contributed by atoms with van der Waals surface area (Å²) in [4.78, 5) is 11.9. The van der Waals surface area contributed by atoms with E-state index in [2.05, 4.69) is 22.8 Å². The van der Waals surface area contributed by atoms with E-state index in [0.717, 1.165) is 18.7 Å². The van der Waals surface area contributed by atoms with Gasteiger partial charge in [0.15, 0.2) is 0 Å². The van der Waals surface area contributed by atoms with Crippen LogP contribution in [0, 0.1) is 0 Å². The number of carbonyl (C=O) groups excluding carboxylic acids is 1. The third-order valence-electron chi connectivity index (χ3n) is 3.00. The molecule has 0 atom stereocenters. The van der Waals surface area contributed by atoms with E-state index in [1.807, 2.05) is 49.4 Å². The molecule has 0 unspecified atom stereocenters. The minimum atomic E-state index is -0.0183. The van der Waals surface area contributed by atoms with Crippen LogP contribution >= 0.6 is 0 Å². The minimum absolute atomic E-state index is 0.0183. The van der Waals surface area contributed by atoms with Crippen molar-refractivity contribution < 1.29 is 4.79 Å². The molecule has 0 aromatic heterocycles. The molecule has 2 aromatic rings. The molecule has 0 heterocycles. The van der Waals surface area contributed by atoms with E-state index in [9.17, 15) is 4.79 Å². The van der Waals surface area contributed by atoms with Crippen LogP contribution in [0.2, 0.25) is 0 Å². The lowest BCUT2D eigenvalue weighted by Gasteiger charge is -2.09. The van der Waals surface area contributed by atoms with Crippen molar-refractivity contribution in [2.24, 2.45) is 0 Å². The van der Waals surface area contributed by atoms with Gasteiger partial charge < -0.3 is 10.6 Å². The lowest BCUT2D eigenvalue weighted by Crippen LogP contribution is -2.23. The highest BCUT2D eigenvalue weighted by Crippen LogP contribution is 2.12. The topological polar surface area (TPSA) is 41.1 Å². The molecule has 1 amide bonds. The molecular formula is C17H20N2O. The van der Waals surface area contributed by atoms with Gasteiger partial charge in [-0.2, -0.15) is 0 Å². The van der Waals surface area contributed by atoms with Crippen LogP contribution in [0.25, 0.3) is 0 Å². The molecule has 2 aromatic carbocycles. The number of carbonyl (C=O) groups is 1. The van der Waals surface area contributed by atoms with Crippen LogP contribution < -0.4 is 10.6 Å². The predicted octanol–water partition coefficient (Wildman–Crippen LogP) is 3.44. The SMILES string of the molecule is CCCNC(=O)c1cccc(NCc2ccccc2)c1. The van der Waals surface area contributed by atoms with Gasteiger partial charge in [0.05, 0.1) is 0 Å². The second-order valence-corrected chi connectivity index (χ2v) is 4.68. The average Bonchev–Trinajstić information content (AvgIpc) is 2.52.